The van der Waals surface area contributed by atoms with Gasteiger partial charge in [-0.25, -0.2) is 23.8 Å². The van der Waals surface area contributed by atoms with Gasteiger partial charge in [-0.15, -0.1) is 0 Å². The highest BCUT2D eigenvalue weighted by Crippen LogP contribution is 2.43. The zero-order valence-corrected chi connectivity index (χ0v) is 9.74. The van der Waals surface area contributed by atoms with Gasteiger partial charge in [-0.05, 0) is 25.0 Å². The number of rotatable bonds is 4. The maximum absolute atomic E-state index is 11.6. The highest BCUT2D eigenvalue weighted by atomic mass is 32.2. The smallest absolute Gasteiger partial charge is 0.342 e. The first-order chi connectivity index (χ1) is 7.96. The number of hydrogen-bond acceptors (Lipinski definition) is 5. The van der Waals surface area contributed by atoms with Gasteiger partial charge in [0, 0.05) is 0 Å². The standard InChI is InChI=1S/C10H12N2O4S/c11-17(14,15)10(6-7-10)9(13)16-12-8-4-2-1-3-5-8/h1-5,12H,6-7H2,(H2,11,14,15). The third kappa shape index (κ3) is 2.25. The Kier molecular flexibility index (Phi) is 2.80. The zero-order valence-electron chi connectivity index (χ0n) is 8.92. The summed E-state index contributed by atoms with van der Waals surface area (Å²) in [6.07, 6.45) is 0.419. The Morgan fingerprint density at radius 2 is 1.88 bits per heavy atom. The molecule has 1 aliphatic carbocycles. The van der Waals surface area contributed by atoms with Crippen molar-refractivity contribution in [3.8, 4) is 0 Å². The van der Waals surface area contributed by atoms with Crippen LogP contribution in [0.1, 0.15) is 12.8 Å². The number of hydrogen-bond donors (Lipinski definition) is 2. The summed E-state index contributed by atoms with van der Waals surface area (Å²) < 4.78 is 20.9. The summed E-state index contributed by atoms with van der Waals surface area (Å²) in [6.45, 7) is 0. The molecule has 0 heterocycles. The molecule has 0 aliphatic heterocycles. The van der Waals surface area contributed by atoms with Crippen LogP contribution in [0.15, 0.2) is 30.3 Å². The largest absolute Gasteiger partial charge is 0.354 e. The quantitative estimate of drug-likeness (QED) is 0.759. The molecule has 0 bridgehead atoms. The monoisotopic (exact) mass is 256 g/mol. The number of primary sulfonamides is 1. The summed E-state index contributed by atoms with van der Waals surface area (Å²) in [4.78, 5) is 16.3. The number of benzene rings is 1. The second-order valence-corrected chi connectivity index (χ2v) is 5.77. The van der Waals surface area contributed by atoms with E-state index in [0.29, 0.717) is 5.69 Å². The Bertz CT molecular complexity index is 522. The van der Waals surface area contributed by atoms with Crippen LogP contribution in [0.5, 0.6) is 0 Å². The number of carbonyl (C=O) groups is 1. The molecule has 0 radical (unpaired) electrons. The van der Waals surface area contributed by atoms with E-state index >= 15 is 0 Å². The van der Waals surface area contributed by atoms with Gasteiger partial charge in [-0.3, -0.25) is 0 Å². The fraction of sp³-hybridized carbons (Fsp3) is 0.300. The molecular formula is C10H12N2O4S. The van der Waals surface area contributed by atoms with Gasteiger partial charge in [-0.2, -0.15) is 0 Å². The normalized spacial score (nSPS) is 17.2. The Morgan fingerprint density at radius 1 is 1.29 bits per heavy atom. The van der Waals surface area contributed by atoms with Crippen LogP contribution < -0.4 is 10.6 Å². The first-order valence-electron chi connectivity index (χ1n) is 5.00. The molecule has 0 unspecified atom stereocenters. The van der Waals surface area contributed by atoms with E-state index in [0.717, 1.165) is 0 Å². The molecular weight excluding hydrogens is 244 g/mol. The van der Waals surface area contributed by atoms with Gasteiger partial charge in [0.1, 0.15) is 0 Å². The topological polar surface area (TPSA) is 98.5 Å². The Hall–Kier alpha value is -1.60. The summed E-state index contributed by atoms with van der Waals surface area (Å²) in [5, 5.41) is 4.99. The first kappa shape index (κ1) is 11.9. The molecule has 1 fully saturated rings. The van der Waals surface area contributed by atoms with Crippen LogP contribution in [0.4, 0.5) is 5.69 Å². The van der Waals surface area contributed by atoms with Crippen molar-refractivity contribution in [1.29, 1.82) is 0 Å². The third-order valence-corrected chi connectivity index (χ3v) is 4.32. The lowest BCUT2D eigenvalue weighted by molar-refractivity contribution is -0.141. The molecule has 0 amide bonds. The maximum Gasteiger partial charge on any atom is 0.354 e. The van der Waals surface area contributed by atoms with Gasteiger partial charge in [-0.1, -0.05) is 18.2 Å². The van der Waals surface area contributed by atoms with Crippen LogP contribution in [0.2, 0.25) is 0 Å². The van der Waals surface area contributed by atoms with Crippen LogP contribution in [0.3, 0.4) is 0 Å². The van der Waals surface area contributed by atoms with Crippen molar-refractivity contribution < 1.29 is 18.0 Å². The van der Waals surface area contributed by atoms with Gasteiger partial charge in [0.25, 0.3) is 0 Å². The molecule has 0 atom stereocenters. The highest BCUT2D eigenvalue weighted by Gasteiger charge is 2.61. The molecule has 1 aromatic carbocycles. The molecule has 92 valence electrons. The molecule has 0 aromatic heterocycles. The van der Waals surface area contributed by atoms with Crippen LogP contribution in [0.25, 0.3) is 0 Å². The average Bonchev–Trinajstić information content (AvgIpc) is 3.07. The minimum atomic E-state index is -3.91. The first-order valence-corrected chi connectivity index (χ1v) is 6.55. The van der Waals surface area contributed by atoms with Crippen LogP contribution >= 0.6 is 0 Å². The minimum absolute atomic E-state index is 0.209. The Morgan fingerprint density at radius 3 is 2.35 bits per heavy atom. The molecule has 0 spiro atoms. The summed E-state index contributed by atoms with van der Waals surface area (Å²) in [6, 6.07) is 8.68. The molecule has 1 aliphatic rings. The highest BCUT2D eigenvalue weighted by molar-refractivity contribution is 7.91. The summed E-state index contributed by atoms with van der Waals surface area (Å²) >= 11 is 0. The van der Waals surface area contributed by atoms with E-state index in [4.69, 9.17) is 9.98 Å². The van der Waals surface area contributed by atoms with E-state index in [1.54, 1.807) is 30.3 Å². The lowest BCUT2D eigenvalue weighted by Crippen LogP contribution is -2.39. The molecule has 6 nitrogen and oxygen atoms in total. The molecule has 17 heavy (non-hydrogen) atoms. The van der Waals surface area contributed by atoms with Crippen molar-refractivity contribution in [3.63, 3.8) is 0 Å². The molecule has 1 saturated carbocycles. The Balaban J connectivity index is 2.00. The second kappa shape index (κ2) is 4.01. The predicted molar refractivity (Wildman–Crippen MR) is 61.2 cm³/mol. The van der Waals surface area contributed by atoms with E-state index in [9.17, 15) is 13.2 Å². The number of nitrogens with two attached hydrogens (primary N) is 1. The van der Waals surface area contributed by atoms with Gasteiger partial charge >= 0.3 is 5.97 Å². The third-order valence-electron chi connectivity index (χ3n) is 2.66. The SMILES string of the molecule is NS(=O)(=O)C1(C(=O)ONc2ccccc2)CC1. The van der Waals surface area contributed by atoms with Gasteiger partial charge in [0.15, 0.2) is 4.75 Å². The number of sulfonamides is 1. The van der Waals surface area contributed by atoms with Crippen molar-refractivity contribution in [2.75, 3.05) is 5.48 Å². The van der Waals surface area contributed by atoms with E-state index in [1.807, 2.05) is 0 Å². The van der Waals surface area contributed by atoms with E-state index < -0.39 is 20.7 Å². The summed E-state index contributed by atoms with van der Waals surface area (Å²) in [7, 11) is -3.91. The molecule has 3 N–H and O–H groups in total. The lowest BCUT2D eigenvalue weighted by atomic mass is 10.3. The molecule has 1 aromatic rings. The Labute approximate surface area is 98.8 Å². The zero-order chi connectivity index (χ0) is 12.5. The van der Waals surface area contributed by atoms with E-state index in [-0.39, 0.29) is 12.8 Å². The van der Waals surface area contributed by atoms with Crippen molar-refractivity contribution in [2.24, 2.45) is 5.14 Å². The summed E-state index contributed by atoms with van der Waals surface area (Å²) in [5.74, 6) is -0.858. The average molecular weight is 256 g/mol. The van der Waals surface area contributed by atoms with Crippen molar-refractivity contribution in [1.82, 2.24) is 0 Å². The van der Waals surface area contributed by atoms with Crippen LogP contribution in [0, 0.1) is 0 Å². The minimum Gasteiger partial charge on any atom is -0.342 e. The van der Waals surface area contributed by atoms with Crippen molar-refractivity contribution >= 4 is 21.7 Å². The van der Waals surface area contributed by atoms with Crippen molar-refractivity contribution in [3.05, 3.63) is 30.3 Å². The number of nitrogens with one attached hydrogen (secondary N) is 1. The van der Waals surface area contributed by atoms with Crippen LogP contribution in [-0.2, 0) is 19.7 Å². The van der Waals surface area contributed by atoms with E-state index in [1.165, 1.54) is 0 Å². The molecule has 2 rings (SSSR count). The predicted octanol–water partition coefficient (Wildman–Crippen LogP) is 0.378. The summed E-state index contributed by atoms with van der Waals surface area (Å²) in [5.41, 5.74) is 2.95. The number of anilines is 1. The lowest BCUT2D eigenvalue weighted by Gasteiger charge is -2.12. The molecule has 7 heteroatoms. The second-order valence-electron chi connectivity index (χ2n) is 3.90. The van der Waals surface area contributed by atoms with Gasteiger partial charge in [0.05, 0.1) is 5.69 Å². The van der Waals surface area contributed by atoms with E-state index in [2.05, 4.69) is 5.48 Å². The van der Waals surface area contributed by atoms with Gasteiger partial charge in [0.2, 0.25) is 10.0 Å². The maximum atomic E-state index is 11.6. The van der Waals surface area contributed by atoms with Crippen LogP contribution in [-0.4, -0.2) is 19.1 Å². The number of para-hydroxylation sites is 1. The fourth-order valence-corrected chi connectivity index (χ4v) is 2.37. The number of carbonyl (C=O) groups excluding carboxylic acids is 1. The van der Waals surface area contributed by atoms with Crippen molar-refractivity contribution in [2.45, 2.75) is 17.6 Å². The molecule has 0 saturated heterocycles. The van der Waals surface area contributed by atoms with Gasteiger partial charge < -0.3 is 4.84 Å². The fourth-order valence-electron chi connectivity index (χ4n) is 1.42.